The fourth-order valence-electron chi connectivity index (χ4n) is 4.69. The highest BCUT2D eigenvalue weighted by molar-refractivity contribution is 5.90. The molecular formula is C28H27N7. The molecule has 0 saturated heterocycles. The quantitative estimate of drug-likeness (QED) is 0.219. The van der Waals surface area contributed by atoms with Gasteiger partial charge in [-0.05, 0) is 60.9 Å². The van der Waals surface area contributed by atoms with Gasteiger partial charge in [-0.15, -0.1) is 0 Å². The van der Waals surface area contributed by atoms with E-state index in [1.807, 2.05) is 37.5 Å². The lowest BCUT2D eigenvalue weighted by Crippen LogP contribution is -2.31. The van der Waals surface area contributed by atoms with Crippen molar-refractivity contribution in [1.82, 2.24) is 25.1 Å². The van der Waals surface area contributed by atoms with Crippen molar-refractivity contribution < 1.29 is 0 Å². The van der Waals surface area contributed by atoms with Crippen molar-refractivity contribution in [2.24, 2.45) is 5.73 Å². The third-order valence-corrected chi connectivity index (χ3v) is 6.53. The molecule has 0 aliphatic carbocycles. The maximum Gasteiger partial charge on any atom is 0.0944 e. The summed E-state index contributed by atoms with van der Waals surface area (Å²) in [4.78, 5) is 11.4. The number of nitrogens with one attached hydrogen (secondary N) is 4. The molecule has 0 radical (unpaired) electrons. The van der Waals surface area contributed by atoms with Crippen molar-refractivity contribution in [3.8, 4) is 22.5 Å². The van der Waals surface area contributed by atoms with Crippen molar-refractivity contribution in [3.63, 3.8) is 0 Å². The van der Waals surface area contributed by atoms with Gasteiger partial charge in [-0.1, -0.05) is 24.3 Å². The third kappa shape index (κ3) is 4.06. The number of para-hydroxylation sites is 1. The highest BCUT2D eigenvalue weighted by atomic mass is 15.1. The topological polar surface area (TPSA) is 111 Å². The number of aryl methyl sites for hydroxylation is 1. The Morgan fingerprint density at radius 1 is 0.971 bits per heavy atom. The smallest absolute Gasteiger partial charge is 0.0944 e. The van der Waals surface area contributed by atoms with Crippen LogP contribution in [0.15, 0.2) is 79.3 Å². The summed E-state index contributed by atoms with van der Waals surface area (Å²) in [7, 11) is 0. The fourth-order valence-corrected chi connectivity index (χ4v) is 4.69. The molecule has 0 fully saturated rings. The van der Waals surface area contributed by atoms with Crippen LogP contribution >= 0.6 is 0 Å². The first-order valence-electron chi connectivity index (χ1n) is 11.8. The van der Waals surface area contributed by atoms with Gasteiger partial charge in [0.15, 0.2) is 0 Å². The van der Waals surface area contributed by atoms with Crippen molar-refractivity contribution >= 4 is 27.5 Å². The van der Waals surface area contributed by atoms with E-state index in [4.69, 9.17) is 10.7 Å². The van der Waals surface area contributed by atoms with Crippen LogP contribution in [-0.4, -0.2) is 37.7 Å². The Morgan fingerprint density at radius 2 is 1.89 bits per heavy atom. The molecule has 6 N–H and O–H groups in total. The van der Waals surface area contributed by atoms with Gasteiger partial charge in [0.2, 0.25) is 0 Å². The van der Waals surface area contributed by atoms with E-state index in [2.05, 4.69) is 74.1 Å². The molecule has 6 rings (SSSR count). The van der Waals surface area contributed by atoms with Gasteiger partial charge in [0, 0.05) is 46.8 Å². The Morgan fingerprint density at radius 3 is 2.77 bits per heavy atom. The molecule has 7 nitrogen and oxygen atoms in total. The van der Waals surface area contributed by atoms with E-state index >= 15 is 0 Å². The lowest BCUT2D eigenvalue weighted by atomic mass is 9.99. The first-order valence-corrected chi connectivity index (χ1v) is 11.8. The molecule has 6 aromatic rings. The average molecular weight is 462 g/mol. The highest BCUT2D eigenvalue weighted by Gasteiger charge is 2.14. The number of nitrogens with zero attached hydrogens (tertiary/aromatic N) is 2. The second-order valence-corrected chi connectivity index (χ2v) is 8.98. The highest BCUT2D eigenvalue weighted by Crippen LogP contribution is 2.33. The number of rotatable bonds is 7. The van der Waals surface area contributed by atoms with E-state index in [0.29, 0.717) is 6.54 Å². The Kier molecular flexibility index (Phi) is 5.31. The molecule has 2 aromatic carbocycles. The van der Waals surface area contributed by atoms with Gasteiger partial charge in [-0.25, -0.2) is 0 Å². The molecule has 0 aliphatic rings. The van der Waals surface area contributed by atoms with E-state index in [9.17, 15) is 0 Å². The normalized spacial score (nSPS) is 12.4. The van der Waals surface area contributed by atoms with Gasteiger partial charge >= 0.3 is 0 Å². The minimum Gasteiger partial charge on any atom is -0.382 e. The number of aromatic nitrogens is 5. The summed E-state index contributed by atoms with van der Waals surface area (Å²) in [5.41, 5.74) is 15.9. The Hall–Kier alpha value is -4.36. The first-order chi connectivity index (χ1) is 17.2. The maximum absolute atomic E-state index is 6.51. The van der Waals surface area contributed by atoms with Gasteiger partial charge in [-0.2, -0.15) is 5.10 Å². The number of hydrogen-bond donors (Lipinski definition) is 5. The number of hydrogen-bond acceptors (Lipinski definition) is 4. The zero-order chi connectivity index (χ0) is 23.8. The van der Waals surface area contributed by atoms with E-state index < -0.39 is 0 Å². The van der Waals surface area contributed by atoms with Gasteiger partial charge in [0.05, 0.1) is 34.5 Å². The molecular weight excluding hydrogens is 434 g/mol. The van der Waals surface area contributed by atoms with Crippen LogP contribution in [0.5, 0.6) is 0 Å². The molecule has 0 unspecified atom stereocenters. The van der Waals surface area contributed by atoms with Crippen LogP contribution in [0, 0.1) is 6.92 Å². The number of fused-ring (bicyclic) bond motifs is 2. The van der Waals surface area contributed by atoms with Crippen molar-refractivity contribution in [3.05, 3.63) is 90.5 Å². The summed E-state index contributed by atoms with van der Waals surface area (Å²) >= 11 is 0. The minimum absolute atomic E-state index is 0.0364. The molecule has 7 heteroatoms. The number of benzene rings is 2. The first kappa shape index (κ1) is 21.2. The lowest BCUT2D eigenvalue weighted by molar-refractivity contribution is 0.702. The summed E-state index contributed by atoms with van der Waals surface area (Å²) in [6.07, 6.45) is 6.64. The van der Waals surface area contributed by atoms with Gasteiger partial charge < -0.3 is 21.0 Å². The summed E-state index contributed by atoms with van der Waals surface area (Å²) in [5, 5.41) is 13.3. The van der Waals surface area contributed by atoms with Gasteiger partial charge in [0.25, 0.3) is 0 Å². The van der Waals surface area contributed by atoms with E-state index in [1.54, 1.807) is 0 Å². The van der Waals surface area contributed by atoms with Crippen LogP contribution in [0.4, 0.5) is 5.69 Å². The van der Waals surface area contributed by atoms with Crippen LogP contribution < -0.4 is 11.1 Å². The summed E-state index contributed by atoms with van der Waals surface area (Å²) < 4.78 is 0. The predicted octanol–water partition coefficient (Wildman–Crippen LogP) is 5.39. The zero-order valence-corrected chi connectivity index (χ0v) is 19.5. The maximum atomic E-state index is 6.51. The standard InChI is InChI=1S/C28H27N7/c1-17-23-12-18(8-9-26(23)35-34-17)24-13-21(16-33-28(24)27-7-4-10-30-27)31-15-20(29)11-19-14-32-25-6-3-2-5-22(19)25/h2-10,12-14,16,20,30-32H,11,15,29H2,1H3,(H,34,35)/t20-/m1/s1. The van der Waals surface area contributed by atoms with Crippen molar-refractivity contribution in [1.29, 1.82) is 0 Å². The number of pyridine rings is 1. The monoisotopic (exact) mass is 461 g/mol. The molecule has 0 amide bonds. The summed E-state index contributed by atoms with van der Waals surface area (Å²) in [6.45, 7) is 2.65. The van der Waals surface area contributed by atoms with Crippen molar-refractivity contribution in [2.45, 2.75) is 19.4 Å². The van der Waals surface area contributed by atoms with Gasteiger partial charge in [0.1, 0.15) is 0 Å². The molecule has 4 heterocycles. The van der Waals surface area contributed by atoms with Crippen molar-refractivity contribution in [2.75, 3.05) is 11.9 Å². The molecule has 0 aliphatic heterocycles. The zero-order valence-electron chi connectivity index (χ0n) is 19.5. The molecule has 0 spiro atoms. The Labute approximate surface area is 202 Å². The second-order valence-electron chi connectivity index (χ2n) is 8.98. The second kappa shape index (κ2) is 8.77. The minimum atomic E-state index is -0.0364. The molecule has 4 aromatic heterocycles. The Balaban J connectivity index is 1.27. The number of H-pyrrole nitrogens is 3. The number of aromatic amines is 3. The van der Waals surface area contributed by atoms with E-state index in [-0.39, 0.29) is 6.04 Å². The molecule has 0 saturated carbocycles. The lowest BCUT2D eigenvalue weighted by Gasteiger charge is -2.16. The third-order valence-electron chi connectivity index (χ3n) is 6.53. The van der Waals surface area contributed by atoms with Crippen LogP contribution in [0.25, 0.3) is 44.3 Å². The summed E-state index contributed by atoms with van der Waals surface area (Å²) in [6, 6.07) is 20.8. The Bertz CT molecular complexity index is 1610. The number of nitrogens with two attached hydrogens (primary N) is 1. The van der Waals surface area contributed by atoms with Crippen LogP contribution in [0.3, 0.4) is 0 Å². The molecule has 35 heavy (non-hydrogen) atoms. The van der Waals surface area contributed by atoms with Gasteiger partial charge in [-0.3, -0.25) is 10.1 Å². The van der Waals surface area contributed by atoms with Crippen LogP contribution in [0.2, 0.25) is 0 Å². The average Bonchev–Trinajstić information content (AvgIpc) is 3.64. The molecule has 1 atom stereocenters. The van der Waals surface area contributed by atoms with E-state index in [0.717, 1.165) is 56.7 Å². The van der Waals surface area contributed by atoms with Crippen LogP contribution in [-0.2, 0) is 6.42 Å². The molecule has 174 valence electrons. The van der Waals surface area contributed by atoms with E-state index in [1.165, 1.54) is 10.9 Å². The predicted molar refractivity (Wildman–Crippen MR) is 142 cm³/mol. The molecule has 0 bridgehead atoms. The van der Waals surface area contributed by atoms with Crippen LogP contribution in [0.1, 0.15) is 11.3 Å². The largest absolute Gasteiger partial charge is 0.382 e. The summed E-state index contributed by atoms with van der Waals surface area (Å²) in [5.74, 6) is 0. The number of anilines is 1. The fraction of sp³-hybridized carbons (Fsp3) is 0.143. The SMILES string of the molecule is Cc1n[nH]c2ccc(-c3cc(NC[C@H](N)Cc4c[nH]c5ccccc45)cnc3-c3ccc[nH]3)cc12.